The first-order valence-corrected chi connectivity index (χ1v) is 8.20. The summed E-state index contributed by atoms with van der Waals surface area (Å²) in [5.41, 5.74) is 1.50. The maximum absolute atomic E-state index is 12.0. The monoisotopic (exact) mass is 366 g/mol. The normalized spacial score (nSPS) is 11.0. The Morgan fingerprint density at radius 2 is 1.81 bits per heavy atom. The van der Waals surface area contributed by atoms with Gasteiger partial charge in [-0.25, -0.2) is 0 Å². The van der Waals surface area contributed by atoms with Crippen molar-refractivity contribution in [2.45, 2.75) is 6.54 Å². The summed E-state index contributed by atoms with van der Waals surface area (Å²) in [5.74, 6) is -1.27. The van der Waals surface area contributed by atoms with Crippen LogP contribution in [0.25, 0.3) is 10.9 Å². The Labute approximate surface area is 155 Å². The molecular formula is C19H18N4O4. The molecule has 0 atom stereocenters. The third-order valence-corrected chi connectivity index (χ3v) is 3.91. The first-order chi connectivity index (χ1) is 13.1. The van der Waals surface area contributed by atoms with Gasteiger partial charge in [0.25, 0.3) is 5.91 Å². The van der Waals surface area contributed by atoms with Crippen molar-refractivity contribution in [1.29, 1.82) is 0 Å². The molecule has 0 spiro atoms. The molecule has 0 aliphatic carbocycles. The highest BCUT2D eigenvalue weighted by atomic mass is 16.5. The number of hydrogen-bond donors (Lipinski definition) is 2. The Morgan fingerprint density at radius 3 is 2.56 bits per heavy atom. The maximum atomic E-state index is 12.0. The smallest absolute Gasteiger partial charge is 0.325 e. The molecule has 138 valence electrons. The second kappa shape index (κ2) is 8.13. The summed E-state index contributed by atoms with van der Waals surface area (Å²) in [4.78, 5) is 23.6. The summed E-state index contributed by atoms with van der Waals surface area (Å²) in [6.45, 7) is -0.211. The lowest BCUT2D eigenvalue weighted by Crippen LogP contribution is -2.11. The van der Waals surface area contributed by atoms with Crippen LogP contribution >= 0.6 is 0 Å². The molecule has 0 aliphatic heterocycles. The van der Waals surface area contributed by atoms with Gasteiger partial charge in [0.15, 0.2) is 5.69 Å². The number of fused-ring (bicyclic) bond motifs is 1. The van der Waals surface area contributed by atoms with Crippen LogP contribution < -0.4 is 5.32 Å². The van der Waals surface area contributed by atoms with E-state index in [2.05, 4.69) is 20.3 Å². The van der Waals surface area contributed by atoms with E-state index in [4.69, 9.17) is 0 Å². The molecule has 1 amide bonds. The number of para-hydroxylation sites is 2. The van der Waals surface area contributed by atoms with E-state index >= 15 is 0 Å². The van der Waals surface area contributed by atoms with E-state index in [1.54, 1.807) is 24.3 Å². The van der Waals surface area contributed by atoms with Crippen LogP contribution in [0.1, 0.15) is 0 Å². The topological polar surface area (TPSA) is 105 Å². The van der Waals surface area contributed by atoms with Crippen LogP contribution in [-0.2, 0) is 20.9 Å². The number of carbonyl (C=O) groups is 2. The molecule has 8 heteroatoms. The fraction of sp³-hybridized carbons (Fsp3) is 0.158. The molecule has 0 saturated carbocycles. The summed E-state index contributed by atoms with van der Waals surface area (Å²) in [7, 11) is 1.27. The zero-order valence-corrected chi connectivity index (χ0v) is 14.6. The molecule has 0 fully saturated rings. The number of ether oxygens (including phenoxy) is 1. The molecule has 27 heavy (non-hydrogen) atoms. The minimum absolute atomic E-state index is 0.0327. The van der Waals surface area contributed by atoms with E-state index in [1.165, 1.54) is 11.7 Å². The molecular weight excluding hydrogens is 348 g/mol. The first kappa shape index (κ1) is 18.1. The number of amides is 1. The minimum Gasteiger partial charge on any atom is -0.493 e. The second-order valence-electron chi connectivity index (χ2n) is 5.66. The molecule has 3 aromatic rings. The number of anilines is 1. The number of nitrogens with one attached hydrogen (secondary N) is 1. The second-order valence-corrected chi connectivity index (χ2v) is 5.66. The van der Waals surface area contributed by atoms with Gasteiger partial charge in [-0.15, -0.1) is 10.2 Å². The highest BCUT2D eigenvalue weighted by molar-refractivity contribution is 5.96. The van der Waals surface area contributed by atoms with Crippen molar-refractivity contribution in [3.8, 4) is 5.88 Å². The number of aromatic hydroxyl groups is 1. The molecule has 2 N–H and O–H groups in total. The van der Waals surface area contributed by atoms with Gasteiger partial charge in [-0.05, 0) is 18.2 Å². The molecule has 0 unspecified atom stereocenters. The van der Waals surface area contributed by atoms with Gasteiger partial charge >= 0.3 is 5.97 Å². The van der Waals surface area contributed by atoms with Gasteiger partial charge in [0.2, 0.25) is 5.88 Å². The van der Waals surface area contributed by atoms with Crippen molar-refractivity contribution < 1.29 is 19.4 Å². The predicted molar refractivity (Wildman–Crippen MR) is 100 cm³/mol. The Balaban J connectivity index is 1.81. The highest BCUT2D eigenvalue weighted by Crippen LogP contribution is 2.38. The number of rotatable bonds is 6. The number of azo groups is 1. The fourth-order valence-electron chi connectivity index (χ4n) is 2.60. The van der Waals surface area contributed by atoms with Gasteiger partial charge in [0.1, 0.15) is 6.54 Å². The van der Waals surface area contributed by atoms with E-state index in [-0.39, 0.29) is 24.7 Å². The molecule has 1 heterocycles. The van der Waals surface area contributed by atoms with Crippen molar-refractivity contribution in [1.82, 2.24) is 4.57 Å². The van der Waals surface area contributed by atoms with Crippen LogP contribution in [-0.4, -0.2) is 35.2 Å². The number of carbonyl (C=O) groups excluding carboxylic acids is 2. The van der Waals surface area contributed by atoms with Crippen LogP contribution in [0.2, 0.25) is 0 Å². The molecule has 2 aromatic carbocycles. The van der Waals surface area contributed by atoms with Crippen molar-refractivity contribution in [3.05, 3.63) is 54.6 Å². The highest BCUT2D eigenvalue weighted by Gasteiger charge is 2.18. The van der Waals surface area contributed by atoms with Crippen LogP contribution in [0.3, 0.4) is 0 Å². The maximum Gasteiger partial charge on any atom is 0.325 e. The molecule has 0 radical (unpaired) electrons. The molecule has 8 nitrogen and oxygen atoms in total. The number of esters is 1. The summed E-state index contributed by atoms with van der Waals surface area (Å²) in [6, 6.07) is 16.2. The molecule has 0 saturated heterocycles. The Bertz CT molecular complexity index is 996. The molecule has 0 aliphatic rings. The molecule has 0 bridgehead atoms. The van der Waals surface area contributed by atoms with E-state index < -0.39 is 11.9 Å². The van der Waals surface area contributed by atoms with Crippen molar-refractivity contribution in [2.24, 2.45) is 10.2 Å². The third-order valence-electron chi connectivity index (χ3n) is 3.91. The van der Waals surface area contributed by atoms with Gasteiger partial charge < -0.3 is 15.2 Å². The van der Waals surface area contributed by atoms with Gasteiger partial charge in [-0.2, -0.15) is 0 Å². The average molecular weight is 366 g/mol. The Kier molecular flexibility index (Phi) is 5.46. The van der Waals surface area contributed by atoms with E-state index in [0.29, 0.717) is 10.9 Å². The van der Waals surface area contributed by atoms with Gasteiger partial charge in [0, 0.05) is 11.1 Å². The lowest BCUT2D eigenvalue weighted by atomic mass is 10.2. The molecule has 3 rings (SSSR count). The average Bonchev–Trinajstić information content (AvgIpc) is 2.96. The minimum atomic E-state index is -0.516. The van der Waals surface area contributed by atoms with Gasteiger partial charge in [-0.3, -0.25) is 14.2 Å². The van der Waals surface area contributed by atoms with Crippen LogP contribution in [0.4, 0.5) is 11.4 Å². The number of hydrogen-bond acceptors (Lipinski definition) is 6. The quantitative estimate of drug-likeness (QED) is 0.515. The van der Waals surface area contributed by atoms with E-state index in [0.717, 1.165) is 5.69 Å². The first-order valence-electron chi connectivity index (χ1n) is 8.20. The lowest BCUT2D eigenvalue weighted by Gasteiger charge is -2.04. The Morgan fingerprint density at radius 1 is 1.11 bits per heavy atom. The summed E-state index contributed by atoms with van der Waals surface area (Å²) >= 11 is 0. The van der Waals surface area contributed by atoms with E-state index in [9.17, 15) is 14.7 Å². The van der Waals surface area contributed by atoms with Crippen molar-refractivity contribution in [3.63, 3.8) is 0 Å². The fourth-order valence-corrected chi connectivity index (χ4v) is 2.60. The van der Waals surface area contributed by atoms with Gasteiger partial charge in [0.05, 0.1) is 19.2 Å². The number of aromatic nitrogens is 1. The summed E-state index contributed by atoms with van der Waals surface area (Å²) < 4.78 is 6.02. The van der Waals surface area contributed by atoms with Crippen LogP contribution in [0.15, 0.2) is 64.8 Å². The zero-order chi connectivity index (χ0) is 19.2. The summed E-state index contributed by atoms with van der Waals surface area (Å²) in [5, 5.41) is 21.5. The lowest BCUT2D eigenvalue weighted by molar-refractivity contribution is -0.141. The standard InChI is InChI=1S/C19H18N4O4/c1-27-17(25)12-23-15-10-6-5-9-14(15)18(19(23)26)22-21-16(24)11-20-13-7-3-2-4-8-13/h2-10,20,26H,11-12H2,1H3. The summed E-state index contributed by atoms with van der Waals surface area (Å²) in [6.07, 6.45) is 0. The largest absolute Gasteiger partial charge is 0.493 e. The predicted octanol–water partition coefficient (Wildman–Crippen LogP) is 3.24. The number of benzene rings is 2. The van der Waals surface area contributed by atoms with Crippen molar-refractivity contribution >= 4 is 34.2 Å². The zero-order valence-electron chi connectivity index (χ0n) is 14.6. The number of methoxy groups -OCH3 is 1. The third kappa shape index (κ3) is 4.12. The molecule has 1 aromatic heterocycles. The SMILES string of the molecule is COC(=O)Cn1c(O)c(N=NC(=O)CNc2ccccc2)c2ccccc21. The Hall–Kier alpha value is -3.68. The van der Waals surface area contributed by atoms with E-state index in [1.807, 2.05) is 30.3 Å². The van der Waals surface area contributed by atoms with Gasteiger partial charge in [-0.1, -0.05) is 36.4 Å². The van der Waals surface area contributed by atoms with Crippen LogP contribution in [0.5, 0.6) is 5.88 Å². The van der Waals surface area contributed by atoms with Crippen molar-refractivity contribution in [2.75, 3.05) is 19.0 Å². The van der Waals surface area contributed by atoms with Crippen LogP contribution in [0, 0.1) is 0 Å². The number of nitrogens with zero attached hydrogens (tertiary/aromatic N) is 3.